The van der Waals surface area contributed by atoms with Crippen molar-refractivity contribution < 1.29 is 18.7 Å². The molecule has 0 radical (unpaired) electrons. The minimum Gasteiger partial charge on any atom is -0.497 e. The van der Waals surface area contributed by atoms with Crippen LogP contribution < -0.4 is 14.8 Å². The summed E-state index contributed by atoms with van der Waals surface area (Å²) in [5, 5.41) is 11.4. The number of rotatable bonds is 11. The number of carbonyl (C=O) groups excluding carboxylic acids is 1. The van der Waals surface area contributed by atoms with Gasteiger partial charge in [-0.2, -0.15) is 0 Å². The van der Waals surface area contributed by atoms with E-state index in [-0.39, 0.29) is 17.7 Å². The van der Waals surface area contributed by atoms with Crippen LogP contribution in [0, 0.1) is 0 Å². The molecular formula is C19H27N3O4S. The van der Waals surface area contributed by atoms with E-state index in [9.17, 15) is 4.79 Å². The SMILES string of the molecule is CCCCC[C@H](C)NC(=O)CSc1nnc(-c2ccc(OC)cc2OC)o1. The first kappa shape index (κ1) is 21.1. The summed E-state index contributed by atoms with van der Waals surface area (Å²) in [7, 11) is 3.15. The number of carbonyl (C=O) groups is 1. The number of hydrogen-bond acceptors (Lipinski definition) is 7. The summed E-state index contributed by atoms with van der Waals surface area (Å²) in [4.78, 5) is 12.1. The van der Waals surface area contributed by atoms with Gasteiger partial charge >= 0.3 is 0 Å². The van der Waals surface area contributed by atoms with Crippen LogP contribution in [0.1, 0.15) is 39.5 Å². The lowest BCUT2D eigenvalue weighted by Crippen LogP contribution is -2.33. The van der Waals surface area contributed by atoms with E-state index in [4.69, 9.17) is 13.9 Å². The van der Waals surface area contributed by atoms with Crippen LogP contribution in [0.4, 0.5) is 0 Å². The Labute approximate surface area is 164 Å². The second-order valence-corrected chi connectivity index (χ2v) is 7.12. The van der Waals surface area contributed by atoms with Gasteiger partial charge < -0.3 is 19.2 Å². The number of thioether (sulfide) groups is 1. The van der Waals surface area contributed by atoms with Gasteiger partial charge in [0, 0.05) is 12.1 Å². The zero-order valence-corrected chi connectivity index (χ0v) is 17.1. The highest BCUT2D eigenvalue weighted by Crippen LogP contribution is 2.33. The van der Waals surface area contributed by atoms with Gasteiger partial charge in [0.25, 0.3) is 11.1 Å². The molecule has 1 aromatic heterocycles. The van der Waals surface area contributed by atoms with E-state index in [1.165, 1.54) is 24.6 Å². The van der Waals surface area contributed by atoms with Crippen molar-refractivity contribution in [2.24, 2.45) is 0 Å². The molecule has 8 heteroatoms. The largest absolute Gasteiger partial charge is 0.497 e. The van der Waals surface area contributed by atoms with Gasteiger partial charge in [-0.1, -0.05) is 37.9 Å². The molecule has 7 nitrogen and oxygen atoms in total. The van der Waals surface area contributed by atoms with Crippen LogP contribution in [0.2, 0.25) is 0 Å². The molecule has 0 unspecified atom stereocenters. The Morgan fingerprint density at radius 3 is 2.78 bits per heavy atom. The van der Waals surface area contributed by atoms with Crippen molar-refractivity contribution in [1.82, 2.24) is 15.5 Å². The van der Waals surface area contributed by atoms with Crippen LogP contribution in [0.15, 0.2) is 27.8 Å². The number of benzene rings is 1. The first-order valence-electron chi connectivity index (χ1n) is 9.05. The predicted octanol–water partition coefficient (Wildman–Crippen LogP) is 3.93. The smallest absolute Gasteiger partial charge is 0.277 e. The summed E-state index contributed by atoms with van der Waals surface area (Å²) >= 11 is 1.22. The van der Waals surface area contributed by atoms with Gasteiger partial charge in [0.05, 0.1) is 25.5 Å². The molecule has 1 aromatic carbocycles. The van der Waals surface area contributed by atoms with E-state index >= 15 is 0 Å². The standard InChI is InChI=1S/C19H27N3O4S/c1-5-6-7-8-13(2)20-17(23)12-27-19-22-21-18(26-19)15-10-9-14(24-3)11-16(15)25-4/h9-11,13H,5-8,12H2,1-4H3,(H,20,23)/t13-/m0/s1. The lowest BCUT2D eigenvalue weighted by molar-refractivity contribution is -0.119. The average molecular weight is 394 g/mol. The second kappa shape index (κ2) is 10.8. The Kier molecular flexibility index (Phi) is 8.44. The monoisotopic (exact) mass is 393 g/mol. The van der Waals surface area contributed by atoms with Crippen LogP contribution in [0.5, 0.6) is 11.5 Å². The number of hydrogen-bond donors (Lipinski definition) is 1. The van der Waals surface area contributed by atoms with Crippen molar-refractivity contribution in [3.05, 3.63) is 18.2 Å². The topological polar surface area (TPSA) is 86.5 Å². The number of unbranched alkanes of at least 4 members (excludes halogenated alkanes) is 2. The third-order valence-corrected chi connectivity index (χ3v) is 4.84. The van der Waals surface area contributed by atoms with Crippen LogP contribution in [0.3, 0.4) is 0 Å². The van der Waals surface area contributed by atoms with Crippen LogP contribution in [-0.4, -0.2) is 42.1 Å². The maximum atomic E-state index is 12.1. The molecule has 1 heterocycles. The summed E-state index contributed by atoms with van der Waals surface area (Å²) in [6, 6.07) is 5.51. The van der Waals surface area contributed by atoms with Crippen molar-refractivity contribution in [3.8, 4) is 23.0 Å². The highest BCUT2D eigenvalue weighted by Gasteiger charge is 2.16. The maximum Gasteiger partial charge on any atom is 0.277 e. The normalized spacial score (nSPS) is 11.9. The quantitative estimate of drug-likeness (QED) is 0.457. The summed E-state index contributed by atoms with van der Waals surface area (Å²) in [6.07, 6.45) is 4.48. The minimum atomic E-state index is -0.0363. The molecule has 0 aliphatic carbocycles. The second-order valence-electron chi connectivity index (χ2n) is 6.19. The molecule has 0 aliphatic rings. The summed E-state index contributed by atoms with van der Waals surface area (Å²) < 4.78 is 16.2. The minimum absolute atomic E-state index is 0.0363. The fraction of sp³-hybridized carbons (Fsp3) is 0.526. The van der Waals surface area contributed by atoms with Crippen molar-refractivity contribution >= 4 is 17.7 Å². The van der Waals surface area contributed by atoms with E-state index in [0.717, 1.165) is 12.8 Å². The predicted molar refractivity (Wildman–Crippen MR) is 105 cm³/mol. The highest BCUT2D eigenvalue weighted by molar-refractivity contribution is 7.99. The molecule has 2 aromatic rings. The zero-order chi connectivity index (χ0) is 19.6. The fourth-order valence-corrected chi connectivity index (χ4v) is 3.14. The molecule has 0 fully saturated rings. The van der Waals surface area contributed by atoms with Crippen molar-refractivity contribution in [1.29, 1.82) is 0 Å². The molecule has 1 atom stereocenters. The number of aromatic nitrogens is 2. The summed E-state index contributed by atoms with van der Waals surface area (Å²) in [6.45, 7) is 4.19. The van der Waals surface area contributed by atoms with E-state index < -0.39 is 0 Å². The number of amides is 1. The van der Waals surface area contributed by atoms with E-state index in [1.54, 1.807) is 32.4 Å². The van der Waals surface area contributed by atoms with Crippen LogP contribution in [0.25, 0.3) is 11.5 Å². The Morgan fingerprint density at radius 2 is 2.07 bits per heavy atom. The molecular weight excluding hydrogens is 366 g/mol. The molecule has 2 rings (SSSR count). The highest BCUT2D eigenvalue weighted by atomic mass is 32.2. The third kappa shape index (κ3) is 6.46. The van der Waals surface area contributed by atoms with E-state index in [0.29, 0.717) is 28.2 Å². The van der Waals surface area contributed by atoms with Crippen LogP contribution in [-0.2, 0) is 4.79 Å². The molecule has 1 amide bonds. The Morgan fingerprint density at radius 1 is 1.26 bits per heavy atom. The van der Waals surface area contributed by atoms with Crippen molar-refractivity contribution in [2.75, 3.05) is 20.0 Å². The van der Waals surface area contributed by atoms with Gasteiger partial charge in [-0.3, -0.25) is 4.79 Å². The molecule has 0 saturated heterocycles. The fourth-order valence-electron chi connectivity index (χ4n) is 2.57. The maximum absolute atomic E-state index is 12.1. The number of nitrogens with one attached hydrogen (secondary N) is 1. The first-order valence-corrected chi connectivity index (χ1v) is 10.0. The molecule has 0 spiro atoms. The van der Waals surface area contributed by atoms with E-state index in [2.05, 4.69) is 22.4 Å². The summed E-state index contributed by atoms with van der Waals surface area (Å²) in [5.74, 6) is 1.79. The average Bonchev–Trinajstić information content (AvgIpc) is 3.14. The first-order chi connectivity index (χ1) is 13.1. The molecule has 148 valence electrons. The van der Waals surface area contributed by atoms with Gasteiger partial charge in [-0.05, 0) is 25.5 Å². The van der Waals surface area contributed by atoms with Crippen LogP contribution >= 0.6 is 11.8 Å². The zero-order valence-electron chi connectivity index (χ0n) is 16.3. The van der Waals surface area contributed by atoms with Gasteiger partial charge in [0.2, 0.25) is 5.91 Å². The molecule has 0 saturated carbocycles. The Balaban J connectivity index is 1.90. The molecule has 1 N–H and O–H groups in total. The molecule has 0 aliphatic heterocycles. The Hall–Kier alpha value is -2.22. The van der Waals surface area contributed by atoms with Crippen molar-refractivity contribution in [2.45, 2.75) is 50.8 Å². The van der Waals surface area contributed by atoms with Gasteiger partial charge in [-0.25, -0.2) is 0 Å². The Bertz CT molecular complexity index is 735. The third-order valence-electron chi connectivity index (χ3n) is 4.02. The lowest BCUT2D eigenvalue weighted by Gasteiger charge is -2.12. The summed E-state index contributed by atoms with van der Waals surface area (Å²) in [5.41, 5.74) is 0.673. The molecule has 0 bridgehead atoms. The number of ether oxygens (including phenoxy) is 2. The van der Waals surface area contributed by atoms with Gasteiger partial charge in [0.1, 0.15) is 11.5 Å². The molecule has 27 heavy (non-hydrogen) atoms. The number of methoxy groups -OCH3 is 2. The van der Waals surface area contributed by atoms with Crippen molar-refractivity contribution in [3.63, 3.8) is 0 Å². The van der Waals surface area contributed by atoms with E-state index in [1.807, 2.05) is 6.92 Å². The van der Waals surface area contributed by atoms with Gasteiger partial charge in [-0.15, -0.1) is 10.2 Å². The lowest BCUT2D eigenvalue weighted by atomic mass is 10.1. The van der Waals surface area contributed by atoms with Gasteiger partial charge in [0.15, 0.2) is 0 Å². The number of nitrogens with zero attached hydrogens (tertiary/aromatic N) is 2.